The predicted molar refractivity (Wildman–Crippen MR) is 92.8 cm³/mol. The molecule has 1 N–H and O–H groups in total. The number of aromatic nitrogens is 4. The molecule has 0 spiro atoms. The lowest BCUT2D eigenvalue weighted by Crippen LogP contribution is -2.25. The maximum atomic E-state index is 13.1. The fourth-order valence-electron chi connectivity index (χ4n) is 2.56. The average Bonchev–Trinajstić information content (AvgIpc) is 3.15. The minimum absolute atomic E-state index is 0.0141. The number of nitrogens with zero attached hydrogens (tertiary/aromatic N) is 4. The number of carbonyl (C=O) groups is 1. The third-order valence-corrected chi connectivity index (χ3v) is 3.87. The minimum atomic E-state index is -0.577. The summed E-state index contributed by atoms with van der Waals surface area (Å²) in [6, 6.07) is 13.4. The van der Waals surface area contributed by atoms with Gasteiger partial charge in [-0.2, -0.15) is 4.68 Å². The second-order valence-electron chi connectivity index (χ2n) is 5.64. The lowest BCUT2D eigenvalue weighted by molar-refractivity contribution is 0.0922. The van der Waals surface area contributed by atoms with E-state index in [1.54, 1.807) is 24.3 Å². The van der Waals surface area contributed by atoms with Gasteiger partial charge >= 0.3 is 0 Å². The van der Waals surface area contributed by atoms with E-state index >= 15 is 0 Å². The highest BCUT2D eigenvalue weighted by Gasteiger charge is 2.14. The number of tetrazole rings is 1. The molecule has 2 aromatic heterocycles. The number of hydrogen-bond donors (Lipinski definition) is 1. The maximum absolute atomic E-state index is 13.1. The third kappa shape index (κ3) is 3.30. The molecule has 0 aliphatic rings. The van der Waals surface area contributed by atoms with Crippen LogP contribution in [0, 0.1) is 5.82 Å². The molecule has 9 heteroatoms. The normalized spacial score (nSPS) is 10.9. The van der Waals surface area contributed by atoms with Crippen molar-refractivity contribution in [3.63, 3.8) is 0 Å². The first kappa shape index (κ1) is 16.6. The van der Waals surface area contributed by atoms with Gasteiger partial charge in [-0.05, 0) is 46.8 Å². The third-order valence-electron chi connectivity index (χ3n) is 3.87. The van der Waals surface area contributed by atoms with Crippen molar-refractivity contribution in [1.29, 1.82) is 0 Å². The molecule has 0 atom stereocenters. The van der Waals surface area contributed by atoms with Crippen LogP contribution in [0.4, 0.5) is 4.39 Å². The summed E-state index contributed by atoms with van der Waals surface area (Å²) in [4.78, 5) is 24.5. The summed E-state index contributed by atoms with van der Waals surface area (Å²) in [6.07, 6.45) is 0. The van der Waals surface area contributed by atoms with Crippen LogP contribution in [0.15, 0.2) is 63.8 Å². The molecule has 134 valence electrons. The van der Waals surface area contributed by atoms with Crippen molar-refractivity contribution >= 4 is 16.9 Å². The summed E-state index contributed by atoms with van der Waals surface area (Å²) >= 11 is 0. The first-order valence-corrected chi connectivity index (χ1v) is 7.96. The molecule has 0 radical (unpaired) electrons. The van der Waals surface area contributed by atoms with E-state index in [4.69, 9.17) is 4.42 Å². The van der Waals surface area contributed by atoms with Crippen LogP contribution < -0.4 is 10.7 Å². The Morgan fingerprint density at radius 1 is 1.15 bits per heavy atom. The van der Waals surface area contributed by atoms with Crippen molar-refractivity contribution in [2.75, 3.05) is 0 Å². The second-order valence-corrected chi connectivity index (χ2v) is 5.64. The Bertz CT molecular complexity index is 1180. The van der Waals surface area contributed by atoms with Crippen LogP contribution in [0.3, 0.4) is 0 Å². The molecule has 1 amide bonds. The second kappa shape index (κ2) is 6.79. The molecule has 2 aromatic carbocycles. The van der Waals surface area contributed by atoms with Gasteiger partial charge in [0.2, 0.25) is 0 Å². The van der Waals surface area contributed by atoms with Crippen LogP contribution in [0.25, 0.3) is 16.7 Å². The predicted octanol–water partition coefficient (Wildman–Crippen LogP) is 1.84. The van der Waals surface area contributed by atoms with Gasteiger partial charge in [-0.25, -0.2) is 4.39 Å². The number of carbonyl (C=O) groups excluding carboxylic acids is 1. The van der Waals surface area contributed by atoms with E-state index in [0.29, 0.717) is 22.5 Å². The number of rotatable bonds is 4. The number of hydrogen-bond acceptors (Lipinski definition) is 6. The van der Waals surface area contributed by atoms with Gasteiger partial charge in [0.05, 0.1) is 17.6 Å². The highest BCUT2D eigenvalue weighted by molar-refractivity contribution is 5.93. The fraction of sp³-hybridized carbons (Fsp3) is 0.0556. The quantitative estimate of drug-likeness (QED) is 0.592. The zero-order chi connectivity index (χ0) is 18.8. The first-order valence-electron chi connectivity index (χ1n) is 7.96. The summed E-state index contributed by atoms with van der Waals surface area (Å²) in [6.45, 7) is -0.0141. The van der Waals surface area contributed by atoms with Gasteiger partial charge in [-0.3, -0.25) is 9.59 Å². The Morgan fingerprint density at radius 2 is 1.93 bits per heavy atom. The number of amides is 1. The Balaban J connectivity index is 1.55. The number of benzene rings is 2. The summed E-state index contributed by atoms with van der Waals surface area (Å²) in [5, 5.41) is 14.3. The van der Waals surface area contributed by atoms with Crippen molar-refractivity contribution in [1.82, 2.24) is 25.5 Å². The van der Waals surface area contributed by atoms with Gasteiger partial charge in [0.15, 0.2) is 17.0 Å². The Labute approximate surface area is 151 Å². The Hall–Kier alpha value is -3.88. The molecule has 2 heterocycles. The van der Waals surface area contributed by atoms with Gasteiger partial charge in [-0.15, -0.1) is 5.10 Å². The number of nitrogens with one attached hydrogen (secondary N) is 1. The minimum Gasteiger partial charge on any atom is -0.451 e. The lowest BCUT2D eigenvalue weighted by atomic mass is 10.2. The van der Waals surface area contributed by atoms with Gasteiger partial charge in [0.1, 0.15) is 11.4 Å². The molecule has 4 rings (SSSR count). The summed E-state index contributed by atoms with van der Waals surface area (Å²) in [5.41, 5.74) is 0.562. The van der Waals surface area contributed by atoms with Crippen LogP contribution in [-0.2, 0) is 6.54 Å². The topological polar surface area (TPSA) is 103 Å². The monoisotopic (exact) mass is 365 g/mol. The van der Waals surface area contributed by atoms with Crippen molar-refractivity contribution in [3.8, 4) is 5.69 Å². The standard InChI is InChI=1S/C18H12FN5O3/c19-11-5-7-12(8-6-11)24-17(21-22-23-24)10-20-18(26)16-9-14(25)13-3-1-2-4-15(13)27-16/h1-9H,10H2,(H,20,26). The molecule has 8 nitrogen and oxygen atoms in total. The van der Waals surface area contributed by atoms with Gasteiger partial charge in [0.25, 0.3) is 5.91 Å². The van der Waals surface area contributed by atoms with E-state index in [2.05, 4.69) is 20.8 Å². The smallest absolute Gasteiger partial charge is 0.287 e. The van der Waals surface area contributed by atoms with Gasteiger partial charge < -0.3 is 9.73 Å². The summed E-state index contributed by atoms with van der Waals surface area (Å²) < 4.78 is 19.9. The van der Waals surface area contributed by atoms with Gasteiger partial charge in [0, 0.05) is 6.07 Å². The van der Waals surface area contributed by atoms with Crippen molar-refractivity contribution < 1.29 is 13.6 Å². The molecule has 27 heavy (non-hydrogen) atoms. The van der Waals surface area contributed by atoms with E-state index < -0.39 is 5.91 Å². The van der Waals surface area contributed by atoms with E-state index in [9.17, 15) is 14.0 Å². The number of fused-ring (bicyclic) bond motifs is 1. The molecule has 0 aliphatic carbocycles. The molecule has 0 saturated heterocycles. The van der Waals surface area contributed by atoms with Crippen molar-refractivity contribution in [2.24, 2.45) is 0 Å². The van der Waals surface area contributed by atoms with E-state index in [1.165, 1.54) is 28.9 Å². The highest BCUT2D eigenvalue weighted by atomic mass is 19.1. The van der Waals surface area contributed by atoms with Gasteiger partial charge in [-0.1, -0.05) is 12.1 Å². The van der Waals surface area contributed by atoms with E-state index in [1.807, 2.05) is 0 Å². The fourth-order valence-corrected chi connectivity index (χ4v) is 2.56. The largest absolute Gasteiger partial charge is 0.451 e. The first-order chi connectivity index (χ1) is 13.1. The summed E-state index contributed by atoms with van der Waals surface area (Å²) in [5.74, 6) is -0.739. The van der Waals surface area contributed by atoms with Crippen molar-refractivity contribution in [3.05, 3.63) is 82.2 Å². The average molecular weight is 365 g/mol. The molecular weight excluding hydrogens is 353 g/mol. The maximum Gasteiger partial charge on any atom is 0.287 e. The SMILES string of the molecule is O=C(NCc1nnnn1-c1ccc(F)cc1)c1cc(=O)c2ccccc2o1. The van der Waals surface area contributed by atoms with Crippen LogP contribution in [0.1, 0.15) is 16.4 Å². The Morgan fingerprint density at radius 3 is 2.74 bits per heavy atom. The number of para-hydroxylation sites is 1. The lowest BCUT2D eigenvalue weighted by Gasteiger charge is -2.06. The summed E-state index contributed by atoms with van der Waals surface area (Å²) in [7, 11) is 0. The number of halogens is 1. The zero-order valence-electron chi connectivity index (χ0n) is 13.8. The van der Waals surface area contributed by atoms with E-state index in [0.717, 1.165) is 6.07 Å². The molecular formula is C18H12FN5O3. The molecule has 0 fully saturated rings. The molecule has 0 unspecified atom stereocenters. The van der Waals surface area contributed by atoms with Crippen molar-refractivity contribution in [2.45, 2.75) is 6.54 Å². The van der Waals surface area contributed by atoms with Crippen LogP contribution >= 0.6 is 0 Å². The van der Waals surface area contributed by atoms with E-state index in [-0.39, 0.29) is 23.6 Å². The molecule has 0 bridgehead atoms. The highest BCUT2D eigenvalue weighted by Crippen LogP contribution is 2.12. The van der Waals surface area contributed by atoms with Crippen LogP contribution in [0.2, 0.25) is 0 Å². The Kier molecular flexibility index (Phi) is 4.17. The molecule has 0 aliphatic heterocycles. The molecule has 4 aromatic rings. The van der Waals surface area contributed by atoms with Crippen LogP contribution in [0.5, 0.6) is 0 Å². The van der Waals surface area contributed by atoms with Crippen LogP contribution in [-0.4, -0.2) is 26.1 Å². The molecule has 0 saturated carbocycles. The zero-order valence-corrected chi connectivity index (χ0v) is 13.8.